The maximum Gasteiger partial charge on any atom is 0.129 e. The minimum Gasteiger partial charge on any atom is -0.388 e. The van der Waals surface area contributed by atoms with Gasteiger partial charge in [0.1, 0.15) is 10.8 Å². The standard InChI is InChI=1S/C12H17N3S/c1-15(8-9-4-2-5-9)11-7-3-6-10(14-11)12(13)16/h3,6-7,9H,2,4-5,8H2,1H3,(H2,13,16). The highest BCUT2D eigenvalue weighted by Crippen LogP contribution is 2.27. The number of pyridine rings is 1. The molecule has 1 aliphatic carbocycles. The average Bonchev–Trinajstić information content (AvgIpc) is 2.23. The fraction of sp³-hybridized carbons (Fsp3) is 0.500. The van der Waals surface area contributed by atoms with E-state index in [0.29, 0.717) is 10.7 Å². The molecule has 1 saturated carbocycles. The van der Waals surface area contributed by atoms with Crippen molar-refractivity contribution in [2.24, 2.45) is 11.7 Å². The van der Waals surface area contributed by atoms with E-state index in [0.717, 1.165) is 18.3 Å². The molecule has 0 bridgehead atoms. The zero-order chi connectivity index (χ0) is 11.5. The maximum atomic E-state index is 5.57. The van der Waals surface area contributed by atoms with Crippen molar-refractivity contribution in [3.63, 3.8) is 0 Å². The number of hydrogen-bond donors (Lipinski definition) is 1. The molecule has 3 nitrogen and oxygen atoms in total. The first-order valence-corrected chi connectivity index (χ1v) is 6.05. The quantitative estimate of drug-likeness (QED) is 0.810. The lowest BCUT2D eigenvalue weighted by Crippen LogP contribution is -2.30. The van der Waals surface area contributed by atoms with Gasteiger partial charge in [-0.1, -0.05) is 24.7 Å². The van der Waals surface area contributed by atoms with Gasteiger partial charge in [0, 0.05) is 13.6 Å². The van der Waals surface area contributed by atoms with E-state index < -0.39 is 0 Å². The minimum absolute atomic E-state index is 0.360. The smallest absolute Gasteiger partial charge is 0.129 e. The lowest BCUT2D eigenvalue weighted by Gasteiger charge is -2.30. The van der Waals surface area contributed by atoms with E-state index in [1.54, 1.807) is 0 Å². The van der Waals surface area contributed by atoms with Crippen LogP contribution in [-0.2, 0) is 0 Å². The molecule has 2 rings (SSSR count). The summed E-state index contributed by atoms with van der Waals surface area (Å²) in [6.07, 6.45) is 4.07. The molecule has 1 aromatic heterocycles. The number of hydrogen-bond acceptors (Lipinski definition) is 3. The number of rotatable bonds is 4. The topological polar surface area (TPSA) is 42.1 Å². The van der Waals surface area contributed by atoms with Crippen LogP contribution in [0.25, 0.3) is 0 Å². The third-order valence-electron chi connectivity index (χ3n) is 3.13. The second-order valence-corrected chi connectivity index (χ2v) is 4.86. The lowest BCUT2D eigenvalue weighted by atomic mass is 9.85. The third kappa shape index (κ3) is 2.50. The molecule has 0 atom stereocenters. The summed E-state index contributed by atoms with van der Waals surface area (Å²) in [5, 5.41) is 0. The van der Waals surface area contributed by atoms with Crippen molar-refractivity contribution in [3.05, 3.63) is 23.9 Å². The molecule has 0 radical (unpaired) electrons. The second-order valence-electron chi connectivity index (χ2n) is 4.42. The molecule has 1 aromatic rings. The van der Waals surface area contributed by atoms with Crippen molar-refractivity contribution in [1.82, 2.24) is 4.98 Å². The largest absolute Gasteiger partial charge is 0.388 e. The van der Waals surface area contributed by atoms with Gasteiger partial charge in [0.15, 0.2) is 0 Å². The summed E-state index contributed by atoms with van der Waals surface area (Å²) < 4.78 is 0. The average molecular weight is 235 g/mol. The molecule has 0 amide bonds. The summed E-state index contributed by atoms with van der Waals surface area (Å²) in [7, 11) is 2.07. The van der Waals surface area contributed by atoms with Crippen molar-refractivity contribution < 1.29 is 0 Å². The van der Waals surface area contributed by atoms with E-state index in [1.165, 1.54) is 19.3 Å². The minimum atomic E-state index is 0.360. The molecular formula is C12H17N3S. The van der Waals surface area contributed by atoms with Crippen LogP contribution in [0.3, 0.4) is 0 Å². The second kappa shape index (κ2) is 4.78. The van der Waals surface area contributed by atoms with Gasteiger partial charge < -0.3 is 10.6 Å². The highest BCUT2D eigenvalue weighted by atomic mass is 32.1. The van der Waals surface area contributed by atoms with E-state index in [2.05, 4.69) is 16.9 Å². The van der Waals surface area contributed by atoms with Crippen molar-refractivity contribution in [1.29, 1.82) is 0 Å². The Labute approximate surface area is 102 Å². The van der Waals surface area contributed by atoms with Gasteiger partial charge in [0.2, 0.25) is 0 Å². The summed E-state index contributed by atoms with van der Waals surface area (Å²) in [6.45, 7) is 1.08. The van der Waals surface area contributed by atoms with E-state index in [9.17, 15) is 0 Å². The van der Waals surface area contributed by atoms with Crippen molar-refractivity contribution in [3.8, 4) is 0 Å². The fourth-order valence-corrected chi connectivity index (χ4v) is 2.04. The number of thiocarbonyl (C=S) groups is 1. The Bertz CT molecular complexity index is 388. The van der Waals surface area contributed by atoms with Crippen LogP contribution in [-0.4, -0.2) is 23.6 Å². The molecule has 0 aromatic carbocycles. The van der Waals surface area contributed by atoms with Gasteiger partial charge in [0.25, 0.3) is 0 Å². The highest BCUT2D eigenvalue weighted by Gasteiger charge is 2.19. The van der Waals surface area contributed by atoms with Gasteiger partial charge in [0.05, 0.1) is 5.69 Å². The summed E-state index contributed by atoms with van der Waals surface area (Å²) in [5.41, 5.74) is 6.27. The van der Waals surface area contributed by atoms with Gasteiger partial charge in [-0.15, -0.1) is 0 Å². The first kappa shape index (κ1) is 11.3. The molecule has 16 heavy (non-hydrogen) atoms. The monoisotopic (exact) mass is 235 g/mol. The first-order chi connectivity index (χ1) is 7.66. The van der Waals surface area contributed by atoms with Crippen molar-refractivity contribution in [2.75, 3.05) is 18.5 Å². The Morgan fingerprint density at radius 1 is 1.56 bits per heavy atom. The molecule has 0 spiro atoms. The van der Waals surface area contributed by atoms with Gasteiger partial charge in [-0.05, 0) is 30.9 Å². The Balaban J connectivity index is 2.06. The number of nitrogens with two attached hydrogens (primary N) is 1. The Morgan fingerprint density at radius 2 is 2.31 bits per heavy atom. The van der Waals surface area contributed by atoms with Crippen LogP contribution in [0, 0.1) is 5.92 Å². The SMILES string of the molecule is CN(CC1CCC1)c1cccc(C(N)=S)n1. The first-order valence-electron chi connectivity index (χ1n) is 5.65. The number of anilines is 1. The Hall–Kier alpha value is -1.16. The highest BCUT2D eigenvalue weighted by molar-refractivity contribution is 7.80. The van der Waals surface area contributed by atoms with Crippen LogP contribution in [0.5, 0.6) is 0 Å². The lowest BCUT2D eigenvalue weighted by molar-refractivity contribution is 0.321. The Kier molecular flexibility index (Phi) is 3.39. The van der Waals surface area contributed by atoms with Crippen molar-refractivity contribution in [2.45, 2.75) is 19.3 Å². The predicted octanol–water partition coefficient (Wildman–Crippen LogP) is 1.95. The molecule has 1 fully saturated rings. The van der Waals surface area contributed by atoms with Crippen molar-refractivity contribution >= 4 is 23.0 Å². The summed E-state index contributed by atoms with van der Waals surface area (Å²) in [5.74, 6) is 1.79. The zero-order valence-corrected chi connectivity index (χ0v) is 10.3. The molecule has 4 heteroatoms. The van der Waals surface area contributed by atoms with Crippen LogP contribution in [0.15, 0.2) is 18.2 Å². The predicted molar refractivity (Wildman–Crippen MR) is 70.7 cm³/mol. The van der Waals surface area contributed by atoms with Gasteiger partial charge in [-0.3, -0.25) is 0 Å². The summed E-state index contributed by atoms with van der Waals surface area (Å²) in [4.78, 5) is 6.99. The van der Waals surface area contributed by atoms with Gasteiger partial charge >= 0.3 is 0 Å². The Morgan fingerprint density at radius 3 is 2.88 bits per heavy atom. The molecule has 2 N–H and O–H groups in total. The van der Waals surface area contributed by atoms with Gasteiger partial charge in [-0.25, -0.2) is 4.98 Å². The normalized spacial score (nSPS) is 15.6. The summed E-state index contributed by atoms with van der Waals surface area (Å²) >= 11 is 4.93. The zero-order valence-electron chi connectivity index (χ0n) is 9.52. The molecular weight excluding hydrogens is 218 g/mol. The molecule has 86 valence electrons. The van der Waals surface area contributed by atoms with E-state index in [1.807, 2.05) is 18.2 Å². The van der Waals surface area contributed by atoms with E-state index in [4.69, 9.17) is 18.0 Å². The van der Waals surface area contributed by atoms with Crippen LogP contribution in [0.4, 0.5) is 5.82 Å². The summed E-state index contributed by atoms with van der Waals surface area (Å²) in [6, 6.07) is 5.80. The number of aromatic nitrogens is 1. The molecule has 0 saturated heterocycles. The van der Waals surface area contributed by atoms with E-state index >= 15 is 0 Å². The van der Waals surface area contributed by atoms with Crippen LogP contribution in [0.1, 0.15) is 25.0 Å². The maximum absolute atomic E-state index is 5.57. The number of nitrogens with zero attached hydrogens (tertiary/aromatic N) is 2. The third-order valence-corrected chi connectivity index (χ3v) is 3.34. The molecule has 1 aliphatic rings. The fourth-order valence-electron chi connectivity index (χ4n) is 1.93. The van der Waals surface area contributed by atoms with Gasteiger partial charge in [-0.2, -0.15) is 0 Å². The van der Waals surface area contributed by atoms with Crippen LogP contribution >= 0.6 is 12.2 Å². The molecule has 0 unspecified atom stereocenters. The molecule has 1 heterocycles. The van der Waals surface area contributed by atoms with E-state index in [-0.39, 0.29) is 0 Å². The van der Waals surface area contributed by atoms with Crippen LogP contribution in [0.2, 0.25) is 0 Å². The molecule has 0 aliphatic heterocycles. The van der Waals surface area contributed by atoms with Crippen LogP contribution < -0.4 is 10.6 Å².